The Morgan fingerprint density at radius 2 is 2.00 bits per heavy atom. The smallest absolute Gasteiger partial charge is 0.337 e. The fraction of sp³-hybridized carbons (Fsp3) is 0.278. The third-order valence-electron chi connectivity index (χ3n) is 3.50. The molecule has 5 nitrogen and oxygen atoms in total. The van der Waals surface area contributed by atoms with E-state index in [0.29, 0.717) is 36.9 Å². The van der Waals surface area contributed by atoms with E-state index >= 15 is 0 Å². The van der Waals surface area contributed by atoms with Crippen LogP contribution in [-0.2, 0) is 16.1 Å². The van der Waals surface area contributed by atoms with Crippen LogP contribution in [0.1, 0.15) is 15.9 Å². The molecule has 2 aromatic carbocycles. The first kappa shape index (κ1) is 15.4. The van der Waals surface area contributed by atoms with Gasteiger partial charge in [0.05, 0.1) is 25.9 Å². The minimum absolute atomic E-state index is 0.209. The predicted octanol–water partition coefficient (Wildman–Crippen LogP) is 2.83. The van der Waals surface area contributed by atoms with Gasteiger partial charge in [0, 0.05) is 0 Å². The third-order valence-corrected chi connectivity index (χ3v) is 3.50. The Morgan fingerprint density at radius 3 is 2.78 bits per heavy atom. The summed E-state index contributed by atoms with van der Waals surface area (Å²) in [4.78, 5) is 11.6. The Morgan fingerprint density at radius 1 is 1.17 bits per heavy atom. The molecular formula is C18H18O5. The summed E-state index contributed by atoms with van der Waals surface area (Å²) in [5.41, 5.74) is 1.54. The van der Waals surface area contributed by atoms with Crippen LogP contribution in [0.15, 0.2) is 48.5 Å². The van der Waals surface area contributed by atoms with Crippen LogP contribution in [0.3, 0.4) is 0 Å². The second-order valence-electron chi connectivity index (χ2n) is 5.20. The monoisotopic (exact) mass is 314 g/mol. The summed E-state index contributed by atoms with van der Waals surface area (Å²) in [7, 11) is 1.35. The Balaban J connectivity index is 1.57. The summed E-state index contributed by atoms with van der Waals surface area (Å²) < 4.78 is 21.9. The van der Waals surface area contributed by atoms with Crippen molar-refractivity contribution < 1.29 is 23.7 Å². The summed E-state index contributed by atoms with van der Waals surface area (Å²) >= 11 is 0. The zero-order chi connectivity index (χ0) is 16.1. The summed E-state index contributed by atoms with van der Waals surface area (Å²) in [6.07, 6.45) is -0.209. The van der Waals surface area contributed by atoms with Crippen LogP contribution < -0.4 is 9.47 Å². The largest absolute Gasteiger partial charge is 0.486 e. The molecule has 1 aliphatic rings. The standard InChI is InChI=1S/C18H18O5/c1-20-18(19)14-7-8-16-17(9-14)23-15(12-22-16)11-21-10-13-5-3-2-4-6-13/h2-9,15H,10-12H2,1H3. The molecule has 1 heterocycles. The van der Waals surface area contributed by atoms with Crippen molar-refractivity contribution in [1.82, 2.24) is 0 Å². The van der Waals surface area contributed by atoms with Gasteiger partial charge in [-0.05, 0) is 23.8 Å². The topological polar surface area (TPSA) is 54.0 Å². The van der Waals surface area contributed by atoms with E-state index in [0.717, 1.165) is 5.56 Å². The average Bonchev–Trinajstić information content (AvgIpc) is 2.61. The van der Waals surface area contributed by atoms with Crippen LogP contribution in [-0.4, -0.2) is 32.4 Å². The van der Waals surface area contributed by atoms with E-state index in [4.69, 9.17) is 18.9 Å². The van der Waals surface area contributed by atoms with Crippen molar-refractivity contribution in [3.05, 3.63) is 59.7 Å². The van der Waals surface area contributed by atoms with Crippen molar-refractivity contribution in [1.29, 1.82) is 0 Å². The van der Waals surface area contributed by atoms with Gasteiger partial charge in [0.25, 0.3) is 0 Å². The number of carbonyl (C=O) groups excluding carboxylic acids is 1. The zero-order valence-corrected chi connectivity index (χ0v) is 12.9. The van der Waals surface area contributed by atoms with Gasteiger partial charge < -0.3 is 18.9 Å². The van der Waals surface area contributed by atoms with Gasteiger partial charge in [0.2, 0.25) is 0 Å². The molecule has 1 aliphatic heterocycles. The maximum Gasteiger partial charge on any atom is 0.337 e. The maximum absolute atomic E-state index is 11.6. The van der Waals surface area contributed by atoms with Crippen molar-refractivity contribution in [2.45, 2.75) is 12.7 Å². The van der Waals surface area contributed by atoms with E-state index in [1.54, 1.807) is 18.2 Å². The maximum atomic E-state index is 11.6. The van der Waals surface area contributed by atoms with E-state index in [1.165, 1.54) is 7.11 Å². The molecule has 23 heavy (non-hydrogen) atoms. The zero-order valence-electron chi connectivity index (χ0n) is 12.9. The number of hydrogen-bond donors (Lipinski definition) is 0. The highest BCUT2D eigenvalue weighted by molar-refractivity contribution is 5.90. The number of esters is 1. The van der Waals surface area contributed by atoms with Gasteiger partial charge in [0.1, 0.15) is 6.61 Å². The lowest BCUT2D eigenvalue weighted by Gasteiger charge is -2.26. The van der Waals surface area contributed by atoms with Gasteiger partial charge in [-0.25, -0.2) is 4.79 Å². The van der Waals surface area contributed by atoms with Crippen molar-refractivity contribution >= 4 is 5.97 Å². The number of fused-ring (bicyclic) bond motifs is 1. The molecule has 0 bridgehead atoms. The molecule has 0 saturated heterocycles. The summed E-state index contributed by atoms with van der Waals surface area (Å²) in [5.74, 6) is 0.753. The lowest BCUT2D eigenvalue weighted by atomic mass is 10.2. The van der Waals surface area contributed by atoms with E-state index in [9.17, 15) is 4.79 Å². The van der Waals surface area contributed by atoms with E-state index < -0.39 is 5.97 Å². The predicted molar refractivity (Wildman–Crippen MR) is 83.8 cm³/mol. The summed E-state index contributed by atoms with van der Waals surface area (Å²) in [5, 5.41) is 0. The fourth-order valence-corrected chi connectivity index (χ4v) is 2.33. The van der Waals surface area contributed by atoms with Gasteiger partial charge in [-0.15, -0.1) is 0 Å². The van der Waals surface area contributed by atoms with Crippen LogP contribution in [0.25, 0.3) is 0 Å². The highest BCUT2D eigenvalue weighted by Crippen LogP contribution is 2.32. The van der Waals surface area contributed by atoms with Crippen LogP contribution >= 0.6 is 0 Å². The SMILES string of the molecule is COC(=O)c1ccc2c(c1)OC(COCc1ccccc1)CO2. The normalized spacial score (nSPS) is 16.0. The Bertz CT molecular complexity index is 668. The molecule has 0 aromatic heterocycles. The number of carbonyl (C=O) groups is 1. The Kier molecular flexibility index (Phi) is 4.78. The van der Waals surface area contributed by atoms with Gasteiger partial charge in [-0.2, -0.15) is 0 Å². The highest BCUT2D eigenvalue weighted by atomic mass is 16.6. The van der Waals surface area contributed by atoms with Crippen molar-refractivity contribution in [3.8, 4) is 11.5 Å². The molecular weight excluding hydrogens is 296 g/mol. The molecule has 2 aromatic rings. The van der Waals surface area contributed by atoms with E-state index in [1.807, 2.05) is 30.3 Å². The molecule has 0 aliphatic carbocycles. The Labute approximate surface area is 134 Å². The van der Waals surface area contributed by atoms with Crippen molar-refractivity contribution in [2.24, 2.45) is 0 Å². The first-order chi connectivity index (χ1) is 11.3. The molecule has 0 fully saturated rings. The van der Waals surface area contributed by atoms with Crippen molar-refractivity contribution in [3.63, 3.8) is 0 Å². The minimum atomic E-state index is -0.404. The summed E-state index contributed by atoms with van der Waals surface area (Å²) in [6, 6.07) is 14.9. The van der Waals surface area contributed by atoms with Crippen LogP contribution in [0.4, 0.5) is 0 Å². The lowest BCUT2D eigenvalue weighted by molar-refractivity contribution is 0.00261. The Hall–Kier alpha value is -2.53. The van der Waals surface area contributed by atoms with E-state index in [-0.39, 0.29) is 6.10 Å². The summed E-state index contributed by atoms with van der Waals surface area (Å²) in [6.45, 7) is 1.35. The number of ether oxygens (including phenoxy) is 4. The first-order valence-corrected chi connectivity index (χ1v) is 7.40. The van der Waals surface area contributed by atoms with Crippen LogP contribution in [0, 0.1) is 0 Å². The molecule has 0 radical (unpaired) electrons. The third kappa shape index (κ3) is 3.81. The molecule has 0 saturated carbocycles. The molecule has 0 spiro atoms. The van der Waals surface area contributed by atoms with Gasteiger partial charge in [-0.3, -0.25) is 0 Å². The second kappa shape index (κ2) is 7.15. The van der Waals surface area contributed by atoms with Gasteiger partial charge in [-0.1, -0.05) is 30.3 Å². The minimum Gasteiger partial charge on any atom is -0.486 e. The molecule has 120 valence electrons. The molecule has 0 N–H and O–H groups in total. The average molecular weight is 314 g/mol. The second-order valence-corrected chi connectivity index (χ2v) is 5.20. The number of methoxy groups -OCH3 is 1. The first-order valence-electron chi connectivity index (χ1n) is 7.40. The quantitative estimate of drug-likeness (QED) is 0.794. The van der Waals surface area contributed by atoms with E-state index in [2.05, 4.69) is 0 Å². The van der Waals surface area contributed by atoms with Gasteiger partial charge >= 0.3 is 5.97 Å². The molecule has 3 rings (SSSR count). The molecule has 5 heteroatoms. The number of benzene rings is 2. The molecule has 1 unspecified atom stereocenters. The van der Waals surface area contributed by atoms with Crippen molar-refractivity contribution in [2.75, 3.05) is 20.3 Å². The lowest BCUT2D eigenvalue weighted by Crippen LogP contribution is -2.33. The number of rotatable bonds is 5. The molecule has 1 atom stereocenters. The highest BCUT2D eigenvalue weighted by Gasteiger charge is 2.22. The van der Waals surface area contributed by atoms with Gasteiger partial charge in [0.15, 0.2) is 17.6 Å². The van der Waals surface area contributed by atoms with Crippen LogP contribution in [0.2, 0.25) is 0 Å². The fourth-order valence-electron chi connectivity index (χ4n) is 2.33. The number of hydrogen-bond acceptors (Lipinski definition) is 5. The van der Waals surface area contributed by atoms with Crippen LogP contribution in [0.5, 0.6) is 11.5 Å². The molecule has 0 amide bonds.